The van der Waals surface area contributed by atoms with Crippen LogP contribution < -0.4 is 4.90 Å². The Balaban J connectivity index is 1.74. The molecule has 0 saturated carbocycles. The van der Waals surface area contributed by atoms with Crippen LogP contribution >= 0.6 is 24.0 Å². The van der Waals surface area contributed by atoms with Gasteiger partial charge < -0.3 is 10.0 Å². The SMILES string of the molecule is CCN(CC)c1ccc(/C=C2/SC(=S)N(CCc3ccccc3)C2=O)c(O)c1. The second kappa shape index (κ2) is 9.26. The monoisotopic (exact) mass is 412 g/mol. The highest BCUT2D eigenvalue weighted by molar-refractivity contribution is 8.26. The van der Waals surface area contributed by atoms with Crippen LogP contribution in [0.2, 0.25) is 0 Å². The Morgan fingerprint density at radius 2 is 1.86 bits per heavy atom. The van der Waals surface area contributed by atoms with Crippen LogP contribution in [0.3, 0.4) is 0 Å². The molecule has 0 aromatic heterocycles. The molecule has 1 aliphatic heterocycles. The number of aromatic hydroxyl groups is 1. The molecule has 2 aromatic carbocycles. The molecule has 0 atom stereocenters. The van der Waals surface area contributed by atoms with Crippen molar-refractivity contribution in [3.8, 4) is 5.75 Å². The van der Waals surface area contributed by atoms with Crippen LogP contribution in [0.15, 0.2) is 53.4 Å². The number of hydrogen-bond donors (Lipinski definition) is 1. The predicted molar refractivity (Wildman–Crippen MR) is 122 cm³/mol. The Hall–Kier alpha value is -2.31. The maximum Gasteiger partial charge on any atom is 0.266 e. The Morgan fingerprint density at radius 3 is 2.50 bits per heavy atom. The van der Waals surface area contributed by atoms with E-state index in [0.29, 0.717) is 21.3 Å². The first kappa shape index (κ1) is 20.4. The summed E-state index contributed by atoms with van der Waals surface area (Å²) in [6.45, 7) is 6.45. The fraction of sp³-hybridized carbons (Fsp3) is 0.273. The second-order valence-corrected chi connectivity index (χ2v) is 8.16. The van der Waals surface area contributed by atoms with Crippen LogP contribution in [0.25, 0.3) is 6.08 Å². The molecular weight excluding hydrogens is 388 g/mol. The predicted octanol–water partition coefficient (Wildman–Crippen LogP) is 4.68. The number of phenols is 1. The van der Waals surface area contributed by atoms with Gasteiger partial charge in [0.2, 0.25) is 0 Å². The molecule has 1 aliphatic rings. The smallest absolute Gasteiger partial charge is 0.266 e. The number of carbonyl (C=O) groups is 1. The molecular formula is C22H24N2O2S2. The fourth-order valence-corrected chi connectivity index (χ4v) is 4.46. The van der Waals surface area contributed by atoms with Gasteiger partial charge in [0.1, 0.15) is 10.1 Å². The van der Waals surface area contributed by atoms with Crippen molar-refractivity contribution in [2.24, 2.45) is 0 Å². The van der Waals surface area contributed by atoms with E-state index in [0.717, 1.165) is 25.2 Å². The minimum Gasteiger partial charge on any atom is -0.507 e. The molecule has 1 heterocycles. The van der Waals surface area contributed by atoms with Gasteiger partial charge in [0, 0.05) is 37.0 Å². The molecule has 0 unspecified atom stereocenters. The second-order valence-electron chi connectivity index (χ2n) is 6.48. The van der Waals surface area contributed by atoms with Crippen LogP contribution in [-0.2, 0) is 11.2 Å². The summed E-state index contributed by atoms with van der Waals surface area (Å²) in [7, 11) is 0. The highest BCUT2D eigenvalue weighted by atomic mass is 32.2. The van der Waals surface area contributed by atoms with Crippen molar-refractivity contribution in [1.82, 2.24) is 4.90 Å². The summed E-state index contributed by atoms with van der Waals surface area (Å²) in [6.07, 6.45) is 2.48. The number of benzene rings is 2. The van der Waals surface area contributed by atoms with Gasteiger partial charge in [-0.05, 0) is 44.0 Å². The zero-order valence-corrected chi connectivity index (χ0v) is 17.7. The Kier molecular flexibility index (Phi) is 6.75. The number of amides is 1. The first-order chi connectivity index (χ1) is 13.5. The maximum atomic E-state index is 12.8. The topological polar surface area (TPSA) is 43.8 Å². The highest BCUT2D eigenvalue weighted by Crippen LogP contribution is 2.35. The molecule has 4 nitrogen and oxygen atoms in total. The van der Waals surface area contributed by atoms with E-state index in [4.69, 9.17) is 12.2 Å². The number of rotatable bonds is 7. The van der Waals surface area contributed by atoms with Gasteiger partial charge in [-0.15, -0.1) is 0 Å². The summed E-state index contributed by atoms with van der Waals surface area (Å²) < 4.78 is 0.562. The Bertz CT molecular complexity index is 893. The van der Waals surface area contributed by atoms with Crippen molar-refractivity contribution < 1.29 is 9.90 Å². The number of anilines is 1. The first-order valence-corrected chi connectivity index (χ1v) is 10.6. The van der Waals surface area contributed by atoms with E-state index < -0.39 is 0 Å². The van der Waals surface area contributed by atoms with Crippen molar-refractivity contribution in [3.05, 3.63) is 64.6 Å². The van der Waals surface area contributed by atoms with Gasteiger partial charge in [-0.2, -0.15) is 0 Å². The van der Waals surface area contributed by atoms with Crippen LogP contribution in [0.1, 0.15) is 25.0 Å². The lowest BCUT2D eigenvalue weighted by Crippen LogP contribution is -2.30. The average molecular weight is 413 g/mol. The molecule has 1 amide bonds. The molecule has 3 rings (SSSR count). The fourth-order valence-electron chi connectivity index (χ4n) is 3.16. The van der Waals surface area contributed by atoms with E-state index in [9.17, 15) is 9.90 Å². The third-order valence-electron chi connectivity index (χ3n) is 4.77. The summed E-state index contributed by atoms with van der Waals surface area (Å²) >= 11 is 6.69. The lowest BCUT2D eigenvalue weighted by Gasteiger charge is -2.21. The average Bonchev–Trinajstić information content (AvgIpc) is 2.97. The standard InChI is InChI=1S/C22H24N2O2S2/c1-3-23(4-2)18-11-10-17(19(25)15-18)14-20-21(26)24(22(27)28-20)13-12-16-8-6-5-7-9-16/h5-11,14-15,25H,3-4,12-13H2,1-2H3/b20-14+. The summed E-state index contributed by atoms with van der Waals surface area (Å²) in [6, 6.07) is 15.6. The lowest BCUT2D eigenvalue weighted by molar-refractivity contribution is -0.122. The van der Waals surface area contributed by atoms with Gasteiger partial charge in [0.25, 0.3) is 5.91 Å². The highest BCUT2D eigenvalue weighted by Gasteiger charge is 2.31. The van der Waals surface area contributed by atoms with E-state index >= 15 is 0 Å². The molecule has 1 fully saturated rings. The van der Waals surface area contributed by atoms with E-state index in [1.165, 1.54) is 17.3 Å². The van der Waals surface area contributed by atoms with Crippen LogP contribution in [0, 0.1) is 0 Å². The zero-order chi connectivity index (χ0) is 20.1. The van der Waals surface area contributed by atoms with E-state index in [-0.39, 0.29) is 11.7 Å². The third kappa shape index (κ3) is 4.56. The van der Waals surface area contributed by atoms with Crippen LogP contribution in [0.5, 0.6) is 5.75 Å². The molecule has 1 N–H and O–H groups in total. The molecule has 2 aromatic rings. The normalized spacial score (nSPS) is 15.5. The molecule has 146 valence electrons. The van der Waals surface area contributed by atoms with Gasteiger partial charge >= 0.3 is 0 Å². The van der Waals surface area contributed by atoms with E-state index in [1.807, 2.05) is 42.5 Å². The third-order valence-corrected chi connectivity index (χ3v) is 6.15. The van der Waals surface area contributed by atoms with Gasteiger partial charge in [0.15, 0.2) is 0 Å². The number of thioether (sulfide) groups is 1. The van der Waals surface area contributed by atoms with E-state index in [1.54, 1.807) is 17.0 Å². The van der Waals surface area contributed by atoms with Crippen LogP contribution in [-0.4, -0.2) is 39.9 Å². The molecule has 28 heavy (non-hydrogen) atoms. The number of carbonyl (C=O) groups excluding carboxylic acids is 1. The molecule has 1 saturated heterocycles. The zero-order valence-electron chi connectivity index (χ0n) is 16.1. The number of thiocarbonyl (C=S) groups is 1. The van der Waals surface area contributed by atoms with Crippen molar-refractivity contribution >= 4 is 46.0 Å². The van der Waals surface area contributed by atoms with Gasteiger partial charge in [-0.25, -0.2) is 0 Å². The minimum absolute atomic E-state index is 0.0989. The molecule has 0 aliphatic carbocycles. The van der Waals surface area contributed by atoms with Crippen molar-refractivity contribution in [1.29, 1.82) is 0 Å². The summed E-state index contributed by atoms with van der Waals surface area (Å²) in [5.41, 5.74) is 2.76. The van der Waals surface area contributed by atoms with Crippen molar-refractivity contribution in [2.45, 2.75) is 20.3 Å². The Morgan fingerprint density at radius 1 is 1.14 bits per heavy atom. The van der Waals surface area contributed by atoms with Crippen LogP contribution in [0.4, 0.5) is 5.69 Å². The quantitative estimate of drug-likeness (QED) is 0.528. The summed E-state index contributed by atoms with van der Waals surface area (Å²) in [5.74, 6) is 0.0668. The summed E-state index contributed by atoms with van der Waals surface area (Å²) in [4.78, 5) is 17.1. The molecule has 0 bridgehead atoms. The lowest BCUT2D eigenvalue weighted by atomic mass is 10.1. The maximum absolute atomic E-state index is 12.8. The molecule has 0 spiro atoms. The number of hydrogen-bond acceptors (Lipinski definition) is 5. The number of phenolic OH excluding ortho intramolecular Hbond substituents is 1. The summed E-state index contributed by atoms with van der Waals surface area (Å²) in [5, 5.41) is 10.4. The van der Waals surface area contributed by atoms with Gasteiger partial charge in [0.05, 0.1) is 4.91 Å². The largest absolute Gasteiger partial charge is 0.507 e. The molecule has 6 heteroatoms. The van der Waals surface area contributed by atoms with E-state index in [2.05, 4.69) is 18.7 Å². The Labute approximate surface area is 175 Å². The minimum atomic E-state index is -0.0989. The molecule has 0 radical (unpaired) electrons. The number of nitrogens with zero attached hydrogens (tertiary/aromatic N) is 2. The van der Waals surface area contributed by atoms with Gasteiger partial charge in [-0.1, -0.05) is 54.3 Å². The van der Waals surface area contributed by atoms with Crippen molar-refractivity contribution in [3.63, 3.8) is 0 Å². The first-order valence-electron chi connectivity index (χ1n) is 9.40. The van der Waals surface area contributed by atoms with Gasteiger partial charge in [-0.3, -0.25) is 9.69 Å². The van der Waals surface area contributed by atoms with Crippen molar-refractivity contribution in [2.75, 3.05) is 24.5 Å².